The van der Waals surface area contributed by atoms with Gasteiger partial charge in [-0.1, -0.05) is 423 Å². The number of hydrogen-bond donors (Lipinski definition) is 0. The summed E-state index contributed by atoms with van der Waals surface area (Å²) in [5.74, 6) is 30.3. The van der Waals surface area contributed by atoms with Crippen molar-refractivity contribution in [3.8, 4) is 0 Å². The van der Waals surface area contributed by atoms with Crippen molar-refractivity contribution in [2.24, 2.45) is 213 Å². The predicted octanol–water partition coefficient (Wildman–Crippen LogP) is 43.4. The first-order valence-corrected chi connectivity index (χ1v) is 43.8. The van der Waals surface area contributed by atoms with Gasteiger partial charge in [0.25, 0.3) is 0 Å². The van der Waals surface area contributed by atoms with Gasteiger partial charge in [-0.3, -0.25) is 0 Å². The van der Waals surface area contributed by atoms with Gasteiger partial charge in [-0.25, -0.2) is 0 Å². The minimum atomic E-state index is 0. The fourth-order valence-electron chi connectivity index (χ4n) is 20.0. The van der Waals surface area contributed by atoms with Crippen LogP contribution in [0.5, 0.6) is 0 Å². The standard InChI is InChI=1S/2C28H58.2C20H42.16CH4/c2*1-20(2)12-22(5)14-24(7)16-26(9)18-28(11)19-27(10)17-25(8)15-23(6)13-21(3)4;2*1-12(2)14(5)16(7)18(9)20(11)19(10)17(8)15(6)13(3)4;;;;;;;;;;;;;;;;/h2*20-28H,12-19H2,1-11H3;2*12-20H,1-11H3;16*1H4/t22-,23+,24-,25+,26-,27+,28?;22-,23-,24-,25-,26-,27-;;;;;;;;;;;;;;;;;;/m.1................../s1. The molecule has 0 aromatic heterocycles. The van der Waals surface area contributed by atoms with E-state index in [-0.39, 0.29) is 119 Å². The van der Waals surface area contributed by atoms with Gasteiger partial charge in [0.05, 0.1) is 0 Å². The molecule has 0 heteroatoms. The van der Waals surface area contributed by atoms with E-state index >= 15 is 0 Å². The number of rotatable bonds is 48. The summed E-state index contributed by atoms with van der Waals surface area (Å²) < 4.78 is 0. The zero-order valence-electron chi connectivity index (χ0n) is 76.1. The summed E-state index contributed by atoms with van der Waals surface area (Å²) in [6.45, 7) is 107. The van der Waals surface area contributed by atoms with E-state index in [2.05, 4.69) is 305 Å². The summed E-state index contributed by atoms with van der Waals surface area (Å²) in [5.41, 5.74) is 0. The minimum Gasteiger partial charge on any atom is -0.0776 e. The Balaban J connectivity index is -0.0000000540. The summed E-state index contributed by atoms with van der Waals surface area (Å²) in [5, 5.41) is 0. The first kappa shape index (κ1) is 163. The maximum atomic E-state index is 2.51. The van der Waals surface area contributed by atoms with Crippen molar-refractivity contribution in [2.75, 3.05) is 0 Å². The van der Waals surface area contributed by atoms with Crippen LogP contribution in [0, 0.1) is 213 Å². The average molecular weight is 1610 g/mol. The molecule has 712 valence electrons. The normalized spacial score (nSPS) is 18.1. The molecule has 0 rings (SSSR count). The highest BCUT2D eigenvalue weighted by Gasteiger charge is 2.35. The van der Waals surface area contributed by atoms with Crippen LogP contribution in [0.25, 0.3) is 0 Å². The first-order valence-electron chi connectivity index (χ1n) is 43.8. The van der Waals surface area contributed by atoms with Crippen LogP contribution < -0.4 is 0 Å². The lowest BCUT2D eigenvalue weighted by atomic mass is 9.66. The highest BCUT2D eigenvalue weighted by molar-refractivity contribution is 4.84. The molecule has 0 saturated carbocycles. The van der Waals surface area contributed by atoms with Gasteiger partial charge in [-0.15, -0.1) is 0 Å². The van der Waals surface area contributed by atoms with Crippen molar-refractivity contribution in [1.29, 1.82) is 0 Å². The molecule has 0 fully saturated rings. The molecule has 0 amide bonds. The van der Waals surface area contributed by atoms with Gasteiger partial charge in [0.1, 0.15) is 0 Å². The second kappa shape index (κ2) is 87.4. The molecule has 0 radical (unpaired) electrons. The smallest absolute Gasteiger partial charge is 0.0386 e. The third kappa shape index (κ3) is 79.8. The number of hydrogen-bond acceptors (Lipinski definition) is 0. The molecule has 0 saturated heterocycles. The van der Waals surface area contributed by atoms with Crippen molar-refractivity contribution in [2.45, 2.75) is 526 Å². The van der Waals surface area contributed by atoms with Crippen LogP contribution in [0.15, 0.2) is 0 Å². The van der Waals surface area contributed by atoms with E-state index in [0.29, 0.717) is 0 Å². The van der Waals surface area contributed by atoms with Crippen molar-refractivity contribution in [3.63, 3.8) is 0 Å². The fraction of sp³-hybridized carbons (Fsp3) is 1.00. The molecule has 0 aromatic rings. The van der Waals surface area contributed by atoms with Gasteiger partial charge >= 0.3 is 0 Å². The lowest BCUT2D eigenvalue weighted by Gasteiger charge is -2.39. The Hall–Kier alpha value is 0. The van der Waals surface area contributed by atoms with Crippen LogP contribution in [0.1, 0.15) is 526 Å². The molecule has 0 heterocycles. The highest BCUT2D eigenvalue weighted by atomic mass is 14.4. The van der Waals surface area contributed by atoms with Crippen molar-refractivity contribution in [3.05, 3.63) is 0 Å². The van der Waals surface area contributed by atoms with Crippen LogP contribution in [-0.4, -0.2) is 0 Å². The molecule has 112 heavy (non-hydrogen) atoms. The molecule has 25 atom stereocenters. The molecular formula is C112H264. The molecule has 0 spiro atoms. The third-order valence-corrected chi connectivity index (χ3v) is 27.3. The van der Waals surface area contributed by atoms with Crippen molar-refractivity contribution < 1.29 is 0 Å². The molecule has 0 aliphatic heterocycles. The van der Waals surface area contributed by atoms with Crippen LogP contribution in [-0.2, 0) is 0 Å². The maximum Gasteiger partial charge on any atom is -0.0386 e. The van der Waals surface area contributed by atoms with Crippen molar-refractivity contribution >= 4 is 0 Å². The van der Waals surface area contributed by atoms with Gasteiger partial charge in [-0.05, 0) is 316 Å². The van der Waals surface area contributed by atoms with E-state index in [4.69, 9.17) is 0 Å². The molecule has 0 bridgehead atoms. The first-order chi connectivity index (χ1) is 43.8. The summed E-state index contributed by atoms with van der Waals surface area (Å²) in [4.78, 5) is 0. The Kier molecular flexibility index (Phi) is 127. The fourth-order valence-corrected chi connectivity index (χ4v) is 20.0. The van der Waals surface area contributed by atoms with E-state index in [0.717, 1.165) is 213 Å². The molecule has 0 aliphatic carbocycles. The average Bonchev–Trinajstić information content (AvgIpc) is 0.849. The Morgan fingerprint density at radius 1 is 0.0893 bits per heavy atom. The SMILES string of the molecule is C.C.C.C.C.C.C.C.C.C.C.C.C.C.C.C.CC(C)C(C)C(C)C(C)C(C)C(C)C(C)C(C)C(C)C.CC(C)C(C)C(C)C(C)C(C)C(C)C(C)C(C)C(C)C.CC(C)C[C@@H](C)C[C@@H](C)C[C@@H](C)CC(C)C[C@@H](C)C[C@@H](C)C[C@@H](C)CC(C)C.CC(C)C[C@@H](C)C[C@@H](C)C[C@@H](C)CC(C)C[C@H](C)C[C@H](C)C[C@H](C)CC(C)C. The summed E-state index contributed by atoms with van der Waals surface area (Å²) >= 11 is 0. The Bertz CT molecular complexity index is 1460. The highest BCUT2D eigenvalue weighted by Crippen LogP contribution is 2.42. The van der Waals surface area contributed by atoms with Gasteiger partial charge in [0, 0.05) is 0 Å². The van der Waals surface area contributed by atoms with Crippen LogP contribution in [0.4, 0.5) is 0 Å². The molecule has 0 aliphatic rings. The second-order valence-electron chi connectivity index (χ2n) is 41.8. The maximum absolute atomic E-state index is 2.51. The topological polar surface area (TPSA) is 0 Å². The quantitative estimate of drug-likeness (QED) is 0.0570. The lowest BCUT2D eigenvalue weighted by molar-refractivity contribution is 0.0954. The minimum absolute atomic E-state index is 0. The van der Waals surface area contributed by atoms with Gasteiger partial charge < -0.3 is 0 Å². The zero-order valence-corrected chi connectivity index (χ0v) is 76.1. The third-order valence-electron chi connectivity index (χ3n) is 27.3. The largest absolute Gasteiger partial charge is 0.0776 e. The van der Waals surface area contributed by atoms with Gasteiger partial charge in [-0.2, -0.15) is 0 Å². The van der Waals surface area contributed by atoms with E-state index < -0.39 is 0 Å². The molecular weight excluding hydrogens is 1350 g/mol. The summed E-state index contributed by atoms with van der Waals surface area (Å²) in [6.07, 6.45) is 22.6. The van der Waals surface area contributed by atoms with E-state index in [9.17, 15) is 0 Å². The molecule has 0 N–H and O–H groups in total. The Morgan fingerprint density at radius 3 is 0.214 bits per heavy atom. The second-order valence-corrected chi connectivity index (χ2v) is 41.8. The molecule has 0 nitrogen and oxygen atoms in total. The Morgan fingerprint density at radius 2 is 0.152 bits per heavy atom. The van der Waals surface area contributed by atoms with Crippen LogP contribution in [0.3, 0.4) is 0 Å². The van der Waals surface area contributed by atoms with E-state index in [1.54, 1.807) is 0 Å². The van der Waals surface area contributed by atoms with Crippen LogP contribution >= 0.6 is 0 Å². The lowest BCUT2D eigenvalue weighted by Crippen LogP contribution is -2.33. The predicted molar refractivity (Wildman–Crippen MR) is 557 cm³/mol. The van der Waals surface area contributed by atoms with E-state index in [1.165, 1.54) is 103 Å². The van der Waals surface area contributed by atoms with Crippen molar-refractivity contribution in [1.82, 2.24) is 0 Å². The summed E-state index contributed by atoms with van der Waals surface area (Å²) in [6, 6.07) is 0. The van der Waals surface area contributed by atoms with Gasteiger partial charge in [0.2, 0.25) is 0 Å². The van der Waals surface area contributed by atoms with Crippen LogP contribution in [0.2, 0.25) is 0 Å². The Labute approximate surface area is 734 Å². The molecule has 13 unspecified atom stereocenters. The van der Waals surface area contributed by atoms with Gasteiger partial charge in [0.15, 0.2) is 0 Å². The molecule has 0 aromatic carbocycles. The van der Waals surface area contributed by atoms with E-state index in [1.807, 2.05) is 0 Å². The summed E-state index contributed by atoms with van der Waals surface area (Å²) in [7, 11) is 0. The zero-order chi connectivity index (χ0) is 76.1. The monoisotopic (exact) mass is 1610 g/mol.